The standard InChI is InChI=1S/C19H17ClFN5O2/c1-27-15-9-11(8-13(21)16(15)20)26-7-4-14-12(19(26)28-2)10-24-18(25-14)17-22-5-3-6-23-17/h3,5-6,8-10,19H,4,7H2,1-2H3. The Bertz CT molecular complexity index is 1010. The highest BCUT2D eigenvalue weighted by atomic mass is 35.5. The molecular formula is C19H17ClFN5O2. The second kappa shape index (κ2) is 7.65. The predicted molar refractivity (Wildman–Crippen MR) is 102 cm³/mol. The topological polar surface area (TPSA) is 73.3 Å². The lowest BCUT2D eigenvalue weighted by molar-refractivity contribution is 0.0933. The zero-order valence-electron chi connectivity index (χ0n) is 15.3. The smallest absolute Gasteiger partial charge is 0.197 e. The maximum absolute atomic E-state index is 14.2. The van der Waals surface area contributed by atoms with Crippen molar-refractivity contribution >= 4 is 17.3 Å². The van der Waals surface area contributed by atoms with Crippen molar-refractivity contribution in [1.29, 1.82) is 0 Å². The average molecular weight is 402 g/mol. The third-order valence-corrected chi connectivity index (χ3v) is 4.93. The van der Waals surface area contributed by atoms with Crippen LogP contribution in [0.4, 0.5) is 10.1 Å². The van der Waals surface area contributed by atoms with Gasteiger partial charge in [0.05, 0.1) is 12.8 Å². The molecule has 2 aromatic heterocycles. The minimum absolute atomic E-state index is 0.0477. The maximum atomic E-state index is 14.2. The number of anilines is 1. The quantitative estimate of drug-likeness (QED) is 0.663. The van der Waals surface area contributed by atoms with Crippen LogP contribution in [-0.2, 0) is 11.2 Å². The molecule has 144 valence electrons. The number of methoxy groups -OCH3 is 2. The molecule has 1 aliphatic rings. The first-order valence-electron chi connectivity index (χ1n) is 8.58. The Morgan fingerprint density at radius 2 is 1.93 bits per heavy atom. The lowest BCUT2D eigenvalue weighted by atomic mass is 10.0. The predicted octanol–water partition coefficient (Wildman–Crippen LogP) is 3.44. The van der Waals surface area contributed by atoms with Gasteiger partial charge in [-0.3, -0.25) is 0 Å². The Hall–Kier alpha value is -2.84. The normalized spacial score (nSPS) is 16.0. The number of hydrogen-bond acceptors (Lipinski definition) is 7. The van der Waals surface area contributed by atoms with E-state index in [9.17, 15) is 4.39 Å². The fourth-order valence-electron chi connectivity index (χ4n) is 3.25. The molecule has 0 saturated heterocycles. The van der Waals surface area contributed by atoms with Crippen molar-refractivity contribution in [3.63, 3.8) is 0 Å². The molecule has 0 N–H and O–H groups in total. The van der Waals surface area contributed by atoms with Gasteiger partial charge in [-0.25, -0.2) is 24.3 Å². The highest BCUT2D eigenvalue weighted by molar-refractivity contribution is 6.32. The van der Waals surface area contributed by atoms with Gasteiger partial charge in [-0.05, 0) is 12.1 Å². The van der Waals surface area contributed by atoms with Gasteiger partial charge in [0.25, 0.3) is 0 Å². The molecule has 9 heteroatoms. The van der Waals surface area contributed by atoms with Crippen LogP contribution in [-0.4, -0.2) is 40.7 Å². The summed E-state index contributed by atoms with van der Waals surface area (Å²) in [7, 11) is 3.04. The number of halogens is 2. The molecule has 28 heavy (non-hydrogen) atoms. The summed E-state index contributed by atoms with van der Waals surface area (Å²) >= 11 is 5.95. The number of aromatic nitrogens is 4. The highest BCUT2D eigenvalue weighted by Gasteiger charge is 2.30. The number of rotatable bonds is 4. The van der Waals surface area contributed by atoms with Crippen molar-refractivity contribution in [2.75, 3.05) is 25.7 Å². The van der Waals surface area contributed by atoms with E-state index in [1.165, 1.54) is 13.2 Å². The second-order valence-electron chi connectivity index (χ2n) is 6.14. The Balaban J connectivity index is 1.71. The number of hydrogen-bond donors (Lipinski definition) is 0. The largest absolute Gasteiger partial charge is 0.495 e. The van der Waals surface area contributed by atoms with E-state index in [4.69, 9.17) is 21.1 Å². The van der Waals surface area contributed by atoms with E-state index < -0.39 is 12.0 Å². The van der Waals surface area contributed by atoms with Crippen molar-refractivity contribution in [2.24, 2.45) is 0 Å². The van der Waals surface area contributed by atoms with Gasteiger partial charge >= 0.3 is 0 Å². The van der Waals surface area contributed by atoms with Gasteiger partial charge in [0.15, 0.2) is 17.9 Å². The van der Waals surface area contributed by atoms with Crippen LogP contribution in [0.2, 0.25) is 5.02 Å². The molecule has 3 aromatic rings. The van der Waals surface area contributed by atoms with Gasteiger partial charge in [0.2, 0.25) is 0 Å². The van der Waals surface area contributed by atoms with Gasteiger partial charge in [-0.1, -0.05) is 11.6 Å². The lowest BCUT2D eigenvalue weighted by Crippen LogP contribution is -2.37. The minimum Gasteiger partial charge on any atom is -0.495 e. The molecule has 7 nitrogen and oxygen atoms in total. The molecule has 0 aliphatic carbocycles. The molecule has 3 heterocycles. The molecular weight excluding hydrogens is 385 g/mol. The van der Waals surface area contributed by atoms with Crippen LogP contribution < -0.4 is 9.64 Å². The van der Waals surface area contributed by atoms with Crippen LogP contribution in [0.25, 0.3) is 11.6 Å². The van der Waals surface area contributed by atoms with E-state index in [2.05, 4.69) is 19.9 Å². The Labute approximate surface area is 166 Å². The zero-order valence-corrected chi connectivity index (χ0v) is 16.0. The molecule has 0 amide bonds. The first kappa shape index (κ1) is 18.5. The van der Waals surface area contributed by atoms with Crippen LogP contribution in [0.15, 0.2) is 36.8 Å². The molecule has 0 spiro atoms. The SMILES string of the molecule is COc1cc(N2CCc3nc(-c4ncccn4)ncc3C2OC)cc(F)c1Cl. The Morgan fingerprint density at radius 3 is 2.64 bits per heavy atom. The first-order chi connectivity index (χ1) is 13.6. The Morgan fingerprint density at radius 1 is 1.14 bits per heavy atom. The number of benzene rings is 1. The summed E-state index contributed by atoms with van der Waals surface area (Å²) in [4.78, 5) is 19.3. The summed E-state index contributed by atoms with van der Waals surface area (Å²) < 4.78 is 25.1. The molecule has 0 saturated carbocycles. The third-order valence-electron chi connectivity index (χ3n) is 4.56. The fourth-order valence-corrected chi connectivity index (χ4v) is 3.44. The van der Waals surface area contributed by atoms with E-state index in [0.717, 1.165) is 11.3 Å². The van der Waals surface area contributed by atoms with Crippen molar-refractivity contribution in [3.8, 4) is 17.4 Å². The van der Waals surface area contributed by atoms with Crippen LogP contribution >= 0.6 is 11.6 Å². The third kappa shape index (κ3) is 3.25. The van der Waals surface area contributed by atoms with Crippen molar-refractivity contribution in [3.05, 3.63) is 58.9 Å². The zero-order chi connectivity index (χ0) is 19.7. The van der Waals surface area contributed by atoms with Crippen molar-refractivity contribution in [1.82, 2.24) is 19.9 Å². The second-order valence-corrected chi connectivity index (χ2v) is 6.52. The first-order valence-corrected chi connectivity index (χ1v) is 8.96. The lowest BCUT2D eigenvalue weighted by Gasteiger charge is -2.37. The fraction of sp³-hybridized carbons (Fsp3) is 0.263. The van der Waals surface area contributed by atoms with Crippen LogP contribution in [0.1, 0.15) is 17.5 Å². The molecule has 1 atom stereocenters. The van der Waals surface area contributed by atoms with Crippen molar-refractivity contribution < 1.29 is 13.9 Å². The molecule has 0 fully saturated rings. The summed E-state index contributed by atoms with van der Waals surface area (Å²) in [5, 5.41) is -0.0477. The minimum atomic E-state index is -0.551. The van der Waals surface area contributed by atoms with Gasteiger partial charge in [-0.15, -0.1) is 0 Å². The summed E-state index contributed by atoms with van der Waals surface area (Å²) in [5.41, 5.74) is 2.26. The number of nitrogens with zero attached hydrogens (tertiary/aromatic N) is 5. The molecule has 1 unspecified atom stereocenters. The molecule has 4 rings (SSSR count). The van der Waals surface area contributed by atoms with Crippen LogP contribution in [0.3, 0.4) is 0 Å². The molecule has 1 aliphatic heterocycles. The van der Waals surface area contributed by atoms with E-state index in [1.807, 2.05) is 4.90 Å². The summed E-state index contributed by atoms with van der Waals surface area (Å²) in [6.45, 7) is 0.571. The number of ether oxygens (including phenoxy) is 2. The summed E-state index contributed by atoms with van der Waals surface area (Å²) in [5.74, 6) is 0.641. The van der Waals surface area contributed by atoms with E-state index in [1.54, 1.807) is 37.8 Å². The molecule has 1 aromatic carbocycles. The van der Waals surface area contributed by atoms with Gasteiger partial charge in [0.1, 0.15) is 16.6 Å². The number of fused-ring (bicyclic) bond motifs is 1. The van der Waals surface area contributed by atoms with Crippen LogP contribution in [0.5, 0.6) is 5.75 Å². The van der Waals surface area contributed by atoms with Gasteiger partial charge < -0.3 is 14.4 Å². The van der Waals surface area contributed by atoms with E-state index in [0.29, 0.717) is 30.3 Å². The van der Waals surface area contributed by atoms with Gasteiger partial charge in [0, 0.05) is 56.0 Å². The summed E-state index contributed by atoms with van der Waals surface area (Å²) in [6, 6.07) is 4.80. The Kier molecular flexibility index (Phi) is 5.06. The summed E-state index contributed by atoms with van der Waals surface area (Å²) in [6.07, 6.45) is 5.16. The van der Waals surface area contributed by atoms with E-state index >= 15 is 0 Å². The van der Waals surface area contributed by atoms with E-state index in [-0.39, 0.29) is 10.8 Å². The molecule has 0 bridgehead atoms. The van der Waals surface area contributed by atoms with Crippen LogP contribution in [0, 0.1) is 5.82 Å². The maximum Gasteiger partial charge on any atom is 0.197 e. The van der Waals surface area contributed by atoms with Gasteiger partial charge in [-0.2, -0.15) is 0 Å². The monoisotopic (exact) mass is 401 g/mol. The van der Waals surface area contributed by atoms with Crippen molar-refractivity contribution in [2.45, 2.75) is 12.6 Å². The average Bonchev–Trinajstić information content (AvgIpc) is 2.75. The highest BCUT2D eigenvalue weighted by Crippen LogP contribution is 2.38. The molecule has 0 radical (unpaired) electrons.